The molecule has 1 saturated carbocycles. The predicted octanol–water partition coefficient (Wildman–Crippen LogP) is 7.17. The van der Waals surface area contributed by atoms with Gasteiger partial charge >= 0.3 is 0 Å². The van der Waals surface area contributed by atoms with E-state index >= 15 is 8.78 Å². The third-order valence-corrected chi connectivity index (χ3v) is 10.9. The maximum atomic E-state index is 15.4. The smallest absolute Gasteiger partial charge is 0.293 e. The summed E-state index contributed by atoms with van der Waals surface area (Å²) in [5, 5.41) is 18.6. The fraction of sp³-hybridized carbons (Fsp3) is 0.368. The summed E-state index contributed by atoms with van der Waals surface area (Å²) in [6.07, 6.45) is -3.80. The first-order chi connectivity index (χ1) is 25.8. The van der Waals surface area contributed by atoms with Crippen molar-refractivity contribution in [2.24, 2.45) is 13.0 Å². The van der Waals surface area contributed by atoms with Gasteiger partial charge in [0.25, 0.3) is 12.3 Å². The van der Waals surface area contributed by atoms with Gasteiger partial charge in [0.15, 0.2) is 15.6 Å². The Hall–Kier alpha value is -4.72. The number of carbonyl (C=O) groups excluding carboxylic acids is 1. The summed E-state index contributed by atoms with van der Waals surface area (Å²) >= 11 is 6.61. The normalized spacial score (nSPS) is 18.2. The summed E-state index contributed by atoms with van der Waals surface area (Å²) < 4.78 is 115. The molecule has 0 bridgehead atoms. The average Bonchev–Trinajstić information content (AvgIpc) is 3.62. The van der Waals surface area contributed by atoms with E-state index in [0.29, 0.717) is 32.8 Å². The van der Waals surface area contributed by atoms with E-state index in [1.165, 1.54) is 23.7 Å². The van der Waals surface area contributed by atoms with Gasteiger partial charge in [-0.25, -0.2) is 31.0 Å². The highest BCUT2D eigenvalue weighted by molar-refractivity contribution is 7.89. The first-order valence-corrected chi connectivity index (χ1v) is 19.5. The summed E-state index contributed by atoms with van der Waals surface area (Å²) in [6, 6.07) is 9.12. The van der Waals surface area contributed by atoms with Gasteiger partial charge in [0.2, 0.25) is 0 Å². The van der Waals surface area contributed by atoms with E-state index in [1.54, 1.807) is 19.2 Å². The number of aryl methyl sites for hydroxylation is 1. The van der Waals surface area contributed by atoms with Gasteiger partial charge in [-0.05, 0) is 67.5 Å². The van der Waals surface area contributed by atoms with Crippen molar-refractivity contribution in [2.75, 3.05) is 6.26 Å². The molecule has 0 saturated heterocycles. The maximum absolute atomic E-state index is 15.4. The SMILES string of the molecule is C[C@H](O)C#Cc1ccc(-c2ccc(Cl)c3c(CS(C)(=O)=O)nn(C)c23)c([C@@H](CC(=O)Cn2nc(C(F)F)c3c2C(F)(F)[C@@H]2C[C@H]32)Cc2cc(F)cc(F)c2)n1. The van der Waals surface area contributed by atoms with Gasteiger partial charge in [-0.15, -0.1) is 0 Å². The van der Waals surface area contributed by atoms with Crippen LogP contribution in [0.2, 0.25) is 5.02 Å². The van der Waals surface area contributed by atoms with E-state index in [2.05, 4.69) is 22.0 Å². The Morgan fingerprint density at radius 3 is 2.42 bits per heavy atom. The number of halogens is 7. The molecule has 4 atom stereocenters. The zero-order chi connectivity index (χ0) is 39.7. The van der Waals surface area contributed by atoms with E-state index in [0.717, 1.165) is 18.4 Å². The lowest BCUT2D eigenvalue weighted by Gasteiger charge is -2.21. The number of nitrogens with zero attached hydrogens (tertiary/aromatic N) is 5. The van der Waals surface area contributed by atoms with Crippen LogP contribution in [0.1, 0.15) is 77.6 Å². The Bertz CT molecular complexity index is 2540. The van der Waals surface area contributed by atoms with Gasteiger partial charge in [-0.2, -0.15) is 19.0 Å². The number of alkyl halides is 4. The summed E-state index contributed by atoms with van der Waals surface area (Å²) in [5.41, 5.74) is 0.0586. The van der Waals surface area contributed by atoms with Crippen molar-refractivity contribution >= 4 is 38.1 Å². The molecule has 3 heterocycles. The fourth-order valence-corrected chi connectivity index (χ4v) is 8.61. The number of rotatable bonds is 11. The van der Waals surface area contributed by atoms with Crippen LogP contribution in [0.3, 0.4) is 0 Å². The van der Waals surface area contributed by atoms with Crippen LogP contribution in [0, 0.1) is 29.4 Å². The predicted molar refractivity (Wildman–Crippen MR) is 190 cm³/mol. The van der Waals surface area contributed by atoms with Gasteiger partial charge < -0.3 is 5.11 Å². The number of sulfone groups is 1. The van der Waals surface area contributed by atoms with Crippen molar-refractivity contribution in [3.8, 4) is 23.0 Å². The van der Waals surface area contributed by atoms with Crippen LogP contribution in [0.15, 0.2) is 42.5 Å². The van der Waals surface area contributed by atoms with Crippen LogP contribution >= 0.6 is 11.6 Å². The molecule has 2 aromatic carbocycles. The molecule has 1 N–H and O–H groups in total. The van der Waals surface area contributed by atoms with Gasteiger partial charge in [0.05, 0.1) is 27.7 Å². The number of Topliss-reactive ketones (excluding diaryl/α,β-unsaturated/α-hetero) is 1. The minimum atomic E-state index is -3.56. The van der Waals surface area contributed by atoms with Crippen molar-refractivity contribution < 1.29 is 44.7 Å². The van der Waals surface area contributed by atoms with Crippen LogP contribution in [-0.2, 0) is 46.3 Å². The van der Waals surface area contributed by atoms with E-state index in [-0.39, 0.29) is 46.1 Å². The molecule has 17 heteroatoms. The van der Waals surface area contributed by atoms with E-state index < -0.39 is 93.6 Å². The molecule has 5 aromatic rings. The number of hydrogen-bond donors (Lipinski definition) is 1. The Morgan fingerprint density at radius 2 is 1.76 bits per heavy atom. The van der Waals surface area contributed by atoms with Crippen molar-refractivity contribution in [1.29, 1.82) is 0 Å². The average molecular weight is 804 g/mol. The molecule has 1 fully saturated rings. The summed E-state index contributed by atoms with van der Waals surface area (Å²) in [7, 11) is -1.98. The Morgan fingerprint density at radius 1 is 1.07 bits per heavy atom. The number of fused-ring (bicyclic) bond motifs is 4. The quantitative estimate of drug-likeness (QED) is 0.111. The van der Waals surface area contributed by atoms with Crippen LogP contribution in [0.5, 0.6) is 0 Å². The second-order valence-electron chi connectivity index (χ2n) is 14.1. The van der Waals surface area contributed by atoms with Crippen LogP contribution in [0.4, 0.5) is 26.3 Å². The second-order valence-corrected chi connectivity index (χ2v) is 16.7. The summed E-state index contributed by atoms with van der Waals surface area (Å²) in [6.45, 7) is 0.637. The number of aliphatic hydroxyl groups excluding tert-OH is 1. The lowest BCUT2D eigenvalue weighted by molar-refractivity contribution is -0.120. The largest absolute Gasteiger partial charge is 0.381 e. The third kappa shape index (κ3) is 7.49. The first-order valence-electron chi connectivity index (χ1n) is 17.1. The number of pyridine rings is 1. The van der Waals surface area contributed by atoms with E-state index in [9.17, 15) is 35.9 Å². The molecule has 0 aliphatic heterocycles. The monoisotopic (exact) mass is 803 g/mol. The molecular weight excluding hydrogens is 772 g/mol. The van der Waals surface area contributed by atoms with Crippen LogP contribution in [-0.4, -0.2) is 56.2 Å². The lowest BCUT2D eigenvalue weighted by Crippen LogP contribution is -2.24. The summed E-state index contributed by atoms with van der Waals surface area (Å²) in [4.78, 5) is 18.7. The molecule has 9 nitrogen and oxygen atoms in total. The molecule has 3 aromatic heterocycles. The molecular formula is C38H32ClF6N5O4S. The molecule has 0 unspecified atom stereocenters. The molecule has 55 heavy (non-hydrogen) atoms. The zero-order valence-electron chi connectivity index (χ0n) is 29.4. The maximum Gasteiger partial charge on any atom is 0.293 e. The van der Waals surface area contributed by atoms with Crippen molar-refractivity contribution in [1.82, 2.24) is 24.5 Å². The van der Waals surface area contributed by atoms with Crippen LogP contribution in [0.25, 0.3) is 22.0 Å². The Kier molecular flexibility index (Phi) is 9.88. The number of aromatic nitrogens is 5. The van der Waals surface area contributed by atoms with Gasteiger partial charge in [-0.3, -0.25) is 14.2 Å². The van der Waals surface area contributed by atoms with E-state index in [1.807, 2.05) is 0 Å². The highest BCUT2D eigenvalue weighted by Crippen LogP contribution is 2.68. The standard InChI is InChI=1S/C38H32ClF6N5O4S/c1-18(51)4-5-23-6-7-25(26-8-9-29(39)32-30(17-55(3,53)54)47-49(2)35(26)32)33(46-23)20(10-19-11-21(40)14-22(41)12-19)13-24(52)16-50-36-31(34(48-50)37(42)43)27-15-28(27)38(36,44)45/h6-9,11-12,14,18,20,27-28,37,51H,10,13,15-17H2,1-3H3/t18-,20+,27-,28+/m0/s1. The number of aliphatic hydroxyl groups is 1. The first kappa shape index (κ1) is 38.6. The minimum absolute atomic E-state index is 0.0404. The highest BCUT2D eigenvalue weighted by Gasteiger charge is 2.67. The number of carbonyl (C=O) groups is 1. The lowest BCUT2D eigenvalue weighted by atomic mass is 9.86. The fourth-order valence-electron chi connectivity index (χ4n) is 7.65. The van der Waals surface area contributed by atoms with Crippen LogP contribution < -0.4 is 0 Å². The number of hydrogen-bond acceptors (Lipinski definition) is 7. The zero-order valence-corrected chi connectivity index (χ0v) is 31.0. The molecule has 0 radical (unpaired) electrons. The molecule has 2 aliphatic carbocycles. The second kappa shape index (κ2) is 14.1. The molecule has 0 spiro atoms. The molecule has 7 rings (SSSR count). The number of ketones is 1. The van der Waals surface area contributed by atoms with Gasteiger partial charge in [0.1, 0.15) is 41.4 Å². The Labute approximate surface area is 316 Å². The van der Waals surface area contributed by atoms with Crippen molar-refractivity contribution in [3.05, 3.63) is 98.7 Å². The van der Waals surface area contributed by atoms with Crippen molar-refractivity contribution in [3.63, 3.8) is 0 Å². The van der Waals surface area contributed by atoms with Gasteiger partial charge in [0, 0.05) is 59.7 Å². The third-order valence-electron chi connectivity index (χ3n) is 9.79. The number of benzene rings is 2. The van der Waals surface area contributed by atoms with E-state index in [4.69, 9.17) is 16.6 Å². The minimum Gasteiger partial charge on any atom is -0.381 e. The van der Waals surface area contributed by atoms with Gasteiger partial charge in [-0.1, -0.05) is 23.6 Å². The topological polar surface area (TPSA) is 120 Å². The molecule has 288 valence electrons. The van der Waals surface area contributed by atoms with Crippen molar-refractivity contribution in [2.45, 2.75) is 68.8 Å². The molecule has 0 amide bonds. The molecule has 2 aliphatic rings. The summed E-state index contributed by atoms with van der Waals surface area (Å²) in [5.74, 6) is -4.03. The Balaban J connectivity index is 1.38. The highest BCUT2D eigenvalue weighted by atomic mass is 35.5.